The lowest BCUT2D eigenvalue weighted by molar-refractivity contribution is -0.385. The van der Waals surface area contributed by atoms with Gasteiger partial charge in [0.25, 0.3) is 5.69 Å². The summed E-state index contributed by atoms with van der Waals surface area (Å²) < 4.78 is 0. The van der Waals surface area contributed by atoms with E-state index in [0.717, 1.165) is 19.5 Å². The summed E-state index contributed by atoms with van der Waals surface area (Å²) in [5.41, 5.74) is 6.57. The second-order valence-electron chi connectivity index (χ2n) is 4.31. The third-order valence-electron chi connectivity index (χ3n) is 2.94. The van der Waals surface area contributed by atoms with Gasteiger partial charge in [-0.25, -0.2) is 0 Å². The Kier molecular flexibility index (Phi) is 3.61. The first-order valence-electron chi connectivity index (χ1n) is 5.47. The van der Waals surface area contributed by atoms with Gasteiger partial charge >= 0.3 is 0 Å². The van der Waals surface area contributed by atoms with Gasteiger partial charge in [-0.15, -0.1) is 0 Å². The Hall–Kier alpha value is -1.17. The summed E-state index contributed by atoms with van der Waals surface area (Å²) in [6, 6.07) is 4.82. The number of likely N-dealkylation sites (tertiary alicyclic amines) is 1. The lowest BCUT2D eigenvalue weighted by Crippen LogP contribution is -2.26. The van der Waals surface area contributed by atoms with E-state index >= 15 is 0 Å². The van der Waals surface area contributed by atoms with Gasteiger partial charge in [-0.1, -0.05) is 11.6 Å². The zero-order valence-corrected chi connectivity index (χ0v) is 10.1. The minimum Gasteiger partial charge on any atom is -0.326 e. The van der Waals surface area contributed by atoms with Gasteiger partial charge in [0.2, 0.25) is 0 Å². The van der Waals surface area contributed by atoms with E-state index in [1.807, 2.05) is 0 Å². The standard InChI is InChI=1S/C11H14ClN3O2/c12-9-1-2-11(15(16)17)8(5-9)6-14-4-3-10(13)7-14/h1-2,5,10H,3-4,6-7,13H2/t10-/m0/s1. The number of halogens is 1. The van der Waals surface area contributed by atoms with Gasteiger partial charge in [-0.05, 0) is 18.6 Å². The van der Waals surface area contributed by atoms with E-state index in [4.69, 9.17) is 17.3 Å². The smallest absolute Gasteiger partial charge is 0.273 e. The number of nitro benzene ring substituents is 1. The van der Waals surface area contributed by atoms with Gasteiger partial charge < -0.3 is 5.73 Å². The lowest BCUT2D eigenvalue weighted by atomic mass is 10.1. The van der Waals surface area contributed by atoms with Gasteiger partial charge in [-0.3, -0.25) is 15.0 Å². The Balaban J connectivity index is 2.19. The van der Waals surface area contributed by atoms with Crippen molar-refractivity contribution in [3.63, 3.8) is 0 Å². The highest BCUT2D eigenvalue weighted by Crippen LogP contribution is 2.25. The van der Waals surface area contributed by atoms with Crippen LogP contribution in [0, 0.1) is 10.1 Å². The van der Waals surface area contributed by atoms with Crippen molar-refractivity contribution in [1.29, 1.82) is 0 Å². The number of hydrogen-bond acceptors (Lipinski definition) is 4. The highest BCUT2D eigenvalue weighted by atomic mass is 35.5. The van der Waals surface area contributed by atoms with Crippen LogP contribution in [0.15, 0.2) is 18.2 Å². The highest BCUT2D eigenvalue weighted by molar-refractivity contribution is 6.30. The molecule has 0 radical (unpaired) electrons. The Labute approximate surface area is 104 Å². The quantitative estimate of drug-likeness (QED) is 0.660. The predicted molar refractivity (Wildman–Crippen MR) is 66.0 cm³/mol. The van der Waals surface area contributed by atoms with Crippen molar-refractivity contribution >= 4 is 17.3 Å². The van der Waals surface area contributed by atoms with Crippen LogP contribution in [0.2, 0.25) is 5.02 Å². The van der Waals surface area contributed by atoms with Crippen LogP contribution in [0.1, 0.15) is 12.0 Å². The summed E-state index contributed by atoms with van der Waals surface area (Å²) in [6.45, 7) is 2.19. The first kappa shape index (κ1) is 12.3. The molecule has 0 aliphatic carbocycles. The monoisotopic (exact) mass is 255 g/mol. The largest absolute Gasteiger partial charge is 0.326 e. The number of benzene rings is 1. The molecule has 0 bridgehead atoms. The fourth-order valence-corrected chi connectivity index (χ4v) is 2.30. The van der Waals surface area contributed by atoms with Crippen molar-refractivity contribution in [2.24, 2.45) is 5.73 Å². The van der Waals surface area contributed by atoms with Crippen molar-refractivity contribution in [1.82, 2.24) is 4.90 Å². The molecule has 6 heteroatoms. The average Bonchev–Trinajstić information content (AvgIpc) is 2.63. The maximum Gasteiger partial charge on any atom is 0.273 e. The topological polar surface area (TPSA) is 72.4 Å². The first-order valence-corrected chi connectivity index (χ1v) is 5.85. The Bertz CT molecular complexity index is 439. The second-order valence-corrected chi connectivity index (χ2v) is 4.75. The summed E-state index contributed by atoms with van der Waals surface area (Å²) in [6.07, 6.45) is 0.939. The molecule has 1 aliphatic heterocycles. The molecule has 1 aromatic rings. The van der Waals surface area contributed by atoms with Crippen molar-refractivity contribution in [3.05, 3.63) is 38.9 Å². The minimum absolute atomic E-state index is 0.120. The second kappa shape index (κ2) is 5.00. The molecule has 1 fully saturated rings. The van der Waals surface area contributed by atoms with Crippen LogP contribution in [0.5, 0.6) is 0 Å². The Morgan fingerprint density at radius 2 is 2.35 bits per heavy atom. The number of nitro groups is 1. The number of nitrogens with zero attached hydrogens (tertiary/aromatic N) is 2. The average molecular weight is 256 g/mol. The molecule has 0 amide bonds. The van der Waals surface area contributed by atoms with E-state index in [9.17, 15) is 10.1 Å². The van der Waals surface area contributed by atoms with Crippen LogP contribution in [0.3, 0.4) is 0 Å². The maximum absolute atomic E-state index is 10.9. The van der Waals surface area contributed by atoms with Gasteiger partial charge in [0.1, 0.15) is 0 Å². The third-order valence-corrected chi connectivity index (χ3v) is 3.18. The van der Waals surface area contributed by atoms with Crippen LogP contribution in [0.4, 0.5) is 5.69 Å². The molecule has 0 spiro atoms. The molecule has 1 heterocycles. The van der Waals surface area contributed by atoms with E-state index in [1.54, 1.807) is 12.1 Å². The first-order chi connectivity index (χ1) is 8.06. The predicted octanol–water partition coefficient (Wildman–Crippen LogP) is 1.78. The molecule has 0 aromatic heterocycles. The normalized spacial score (nSPS) is 20.7. The van der Waals surface area contributed by atoms with Crippen LogP contribution < -0.4 is 5.73 Å². The SMILES string of the molecule is N[C@H]1CCN(Cc2cc(Cl)ccc2[N+](=O)[O-])C1. The molecule has 2 rings (SSSR count). The van der Waals surface area contributed by atoms with E-state index in [-0.39, 0.29) is 16.7 Å². The van der Waals surface area contributed by atoms with Crippen molar-refractivity contribution in [2.75, 3.05) is 13.1 Å². The van der Waals surface area contributed by atoms with Crippen LogP contribution in [-0.4, -0.2) is 29.0 Å². The summed E-state index contributed by atoms with van der Waals surface area (Å²) in [7, 11) is 0. The Morgan fingerprint density at radius 1 is 1.59 bits per heavy atom. The van der Waals surface area contributed by atoms with Gasteiger partial charge in [0.05, 0.1) is 4.92 Å². The van der Waals surface area contributed by atoms with Crippen molar-refractivity contribution < 1.29 is 4.92 Å². The zero-order valence-electron chi connectivity index (χ0n) is 9.30. The molecule has 0 saturated carbocycles. The van der Waals surface area contributed by atoms with Crippen molar-refractivity contribution in [3.8, 4) is 0 Å². The van der Waals surface area contributed by atoms with Crippen LogP contribution >= 0.6 is 11.6 Å². The Morgan fingerprint density at radius 3 is 2.94 bits per heavy atom. The van der Waals surface area contributed by atoms with E-state index in [2.05, 4.69) is 4.90 Å². The van der Waals surface area contributed by atoms with Gasteiger partial charge in [-0.2, -0.15) is 0 Å². The lowest BCUT2D eigenvalue weighted by Gasteiger charge is -2.15. The third kappa shape index (κ3) is 2.94. The number of rotatable bonds is 3. The van der Waals surface area contributed by atoms with Crippen LogP contribution in [-0.2, 0) is 6.54 Å². The van der Waals surface area contributed by atoms with E-state index < -0.39 is 0 Å². The molecule has 1 aromatic carbocycles. The molecular formula is C11H14ClN3O2. The molecule has 5 nitrogen and oxygen atoms in total. The molecule has 1 aliphatic rings. The number of nitrogens with two attached hydrogens (primary N) is 1. The molecule has 1 atom stereocenters. The molecule has 92 valence electrons. The zero-order chi connectivity index (χ0) is 12.4. The summed E-state index contributed by atoms with van der Waals surface area (Å²) in [5, 5.41) is 11.4. The molecule has 0 unspecified atom stereocenters. The molecule has 2 N–H and O–H groups in total. The van der Waals surface area contributed by atoms with Gasteiger partial charge in [0.15, 0.2) is 0 Å². The van der Waals surface area contributed by atoms with E-state index in [0.29, 0.717) is 17.1 Å². The van der Waals surface area contributed by atoms with E-state index in [1.165, 1.54) is 6.07 Å². The van der Waals surface area contributed by atoms with Crippen molar-refractivity contribution in [2.45, 2.75) is 19.0 Å². The summed E-state index contributed by atoms with van der Waals surface area (Å²) in [4.78, 5) is 12.6. The molecule has 17 heavy (non-hydrogen) atoms. The van der Waals surface area contributed by atoms with Gasteiger partial charge in [0, 0.05) is 42.3 Å². The fraction of sp³-hybridized carbons (Fsp3) is 0.455. The molecule has 1 saturated heterocycles. The highest BCUT2D eigenvalue weighted by Gasteiger charge is 2.22. The number of hydrogen-bond donors (Lipinski definition) is 1. The van der Waals surface area contributed by atoms with Crippen LogP contribution in [0.25, 0.3) is 0 Å². The summed E-state index contributed by atoms with van der Waals surface area (Å²) in [5.74, 6) is 0. The summed E-state index contributed by atoms with van der Waals surface area (Å²) >= 11 is 5.87. The maximum atomic E-state index is 10.9. The molecular weight excluding hydrogens is 242 g/mol. The fourth-order valence-electron chi connectivity index (χ4n) is 2.11. The minimum atomic E-state index is -0.373.